The zero-order chi connectivity index (χ0) is 23.8. The van der Waals surface area contributed by atoms with E-state index >= 15 is 0 Å². The second-order valence-electron chi connectivity index (χ2n) is 7.35. The molecule has 10 heteroatoms. The molecule has 2 aromatic rings. The van der Waals surface area contributed by atoms with Gasteiger partial charge in [-0.25, -0.2) is 0 Å². The zero-order valence-electron chi connectivity index (χ0n) is 18.9. The van der Waals surface area contributed by atoms with E-state index in [2.05, 4.69) is 5.32 Å². The summed E-state index contributed by atoms with van der Waals surface area (Å²) >= 11 is 1.01. The molecule has 1 aliphatic rings. The number of hydrogen-bond donors (Lipinski definition) is 2. The van der Waals surface area contributed by atoms with E-state index in [4.69, 9.17) is 18.3 Å². The highest BCUT2D eigenvalue weighted by Crippen LogP contribution is 2.60. The van der Waals surface area contributed by atoms with Gasteiger partial charge in [0.2, 0.25) is 5.91 Å². The number of imide groups is 1. The van der Waals surface area contributed by atoms with Crippen molar-refractivity contribution in [1.29, 1.82) is 0 Å². The molecule has 1 fully saturated rings. The van der Waals surface area contributed by atoms with Crippen LogP contribution < -0.4 is 10.1 Å². The number of nitrogens with one attached hydrogen (secondary N) is 1. The number of carbonyl (C=O) groups is 2. The van der Waals surface area contributed by atoms with Crippen molar-refractivity contribution in [3.05, 3.63) is 65.2 Å². The fraction of sp³-hybridized carbons (Fsp3) is 0.391. The Balaban J connectivity index is 1.67. The third-order valence-electron chi connectivity index (χ3n) is 4.81. The summed E-state index contributed by atoms with van der Waals surface area (Å²) in [7, 11) is -3.51. The number of aryl methyl sites for hydroxylation is 1. The van der Waals surface area contributed by atoms with Gasteiger partial charge in [0.05, 0.1) is 18.5 Å². The molecule has 0 radical (unpaired) electrons. The van der Waals surface area contributed by atoms with Crippen molar-refractivity contribution in [3.63, 3.8) is 0 Å². The Kier molecular flexibility index (Phi) is 9.26. The molecule has 0 aliphatic carbocycles. The average molecular weight is 495 g/mol. The first-order chi connectivity index (χ1) is 15.8. The Labute approximate surface area is 198 Å². The topological polar surface area (TPSA) is 103 Å². The van der Waals surface area contributed by atoms with E-state index in [1.165, 1.54) is 0 Å². The Morgan fingerprint density at radius 1 is 1.03 bits per heavy atom. The lowest BCUT2D eigenvalue weighted by atomic mass is 10.1. The Morgan fingerprint density at radius 2 is 1.67 bits per heavy atom. The number of benzene rings is 2. The number of rotatable bonds is 12. The van der Waals surface area contributed by atoms with Crippen LogP contribution in [0.1, 0.15) is 36.6 Å². The van der Waals surface area contributed by atoms with Crippen molar-refractivity contribution in [2.45, 2.75) is 38.5 Å². The molecule has 2 aromatic carbocycles. The van der Waals surface area contributed by atoms with Crippen LogP contribution in [0.25, 0.3) is 0 Å². The minimum Gasteiger partial charge on any atom is -0.490 e. The Hall–Kier alpha value is -2.00. The third kappa shape index (κ3) is 7.50. The van der Waals surface area contributed by atoms with Crippen LogP contribution in [0.15, 0.2) is 48.5 Å². The van der Waals surface area contributed by atoms with E-state index in [9.17, 15) is 14.5 Å². The van der Waals surface area contributed by atoms with Crippen LogP contribution in [0, 0.1) is 6.92 Å². The second-order valence-corrected chi connectivity index (χ2v) is 10.2. The molecule has 2 amide bonds. The van der Waals surface area contributed by atoms with Gasteiger partial charge in [0.25, 0.3) is 5.24 Å². The lowest BCUT2D eigenvalue weighted by Crippen LogP contribution is -2.25. The van der Waals surface area contributed by atoms with Crippen molar-refractivity contribution in [2.75, 3.05) is 19.8 Å². The normalized spacial score (nSPS) is 17.2. The molecule has 3 rings (SSSR count). The van der Waals surface area contributed by atoms with Gasteiger partial charge in [0.15, 0.2) is 6.10 Å². The fourth-order valence-electron chi connectivity index (χ4n) is 3.19. The minimum atomic E-state index is -3.51. The van der Waals surface area contributed by atoms with Gasteiger partial charge in [-0.15, -0.1) is 4.52 Å². The summed E-state index contributed by atoms with van der Waals surface area (Å²) in [5.74, 6) is 0.344. The molecule has 1 aliphatic heterocycles. The van der Waals surface area contributed by atoms with Crippen molar-refractivity contribution in [1.82, 2.24) is 5.32 Å². The number of amides is 2. The molecule has 2 unspecified atom stereocenters. The highest BCUT2D eigenvalue weighted by atomic mass is 32.2. The number of hydrogen-bond acceptors (Lipinski definition) is 8. The van der Waals surface area contributed by atoms with Gasteiger partial charge in [-0.05, 0) is 50.5 Å². The first kappa shape index (κ1) is 25.6. The molecule has 1 saturated heterocycles. The van der Waals surface area contributed by atoms with Gasteiger partial charge < -0.3 is 4.74 Å². The maximum Gasteiger partial charge on any atom is 0.573 e. The van der Waals surface area contributed by atoms with Gasteiger partial charge in [0, 0.05) is 0 Å². The van der Waals surface area contributed by atoms with Gasteiger partial charge in [-0.2, -0.15) is 13.9 Å². The van der Waals surface area contributed by atoms with Crippen LogP contribution in [-0.4, -0.2) is 41.1 Å². The van der Waals surface area contributed by atoms with Gasteiger partial charge in [0.1, 0.15) is 12.4 Å². The average Bonchev–Trinajstić information content (AvgIpc) is 3.09. The highest BCUT2D eigenvalue weighted by molar-refractivity contribution is 8.15. The van der Waals surface area contributed by atoms with E-state index in [0.29, 0.717) is 12.2 Å². The number of ether oxygens (including phenoxy) is 1. The third-order valence-corrected chi connectivity index (χ3v) is 7.48. The molecular formula is C23H29NO7PS+. The van der Waals surface area contributed by atoms with Gasteiger partial charge in [-0.3, -0.25) is 14.9 Å². The summed E-state index contributed by atoms with van der Waals surface area (Å²) in [6, 6.07) is 15.1. The SMILES string of the molecule is CCO[P+](O)(OCC)OC(COc1ccc(CC2SC(=O)NC2=O)cc1)c1ccc(C)cc1. The quantitative estimate of drug-likeness (QED) is 0.407. The monoisotopic (exact) mass is 494 g/mol. The Bertz CT molecular complexity index is 933. The van der Waals surface area contributed by atoms with Crippen LogP contribution >= 0.6 is 19.9 Å². The second kappa shape index (κ2) is 11.9. The molecule has 1 heterocycles. The van der Waals surface area contributed by atoms with Crippen molar-refractivity contribution >= 4 is 31.1 Å². The standard InChI is InChI=1S/C23H28NO7PS/c1-4-29-32(27,30-5-2)31-20(18-10-6-16(3)7-11-18)15-28-19-12-8-17(9-13-19)14-21-22(25)24-23(26)33-21/h6-13,20-21,27H,4-5,14-15H2,1-3H3/p+1. The molecule has 0 spiro atoms. The zero-order valence-corrected chi connectivity index (χ0v) is 20.6. The predicted octanol–water partition coefficient (Wildman–Crippen LogP) is 4.77. The molecule has 0 aromatic heterocycles. The first-order valence-corrected chi connectivity index (χ1v) is 13.1. The summed E-state index contributed by atoms with van der Waals surface area (Å²) in [5, 5.41) is 1.57. The van der Waals surface area contributed by atoms with Crippen LogP contribution in [0.2, 0.25) is 0 Å². The van der Waals surface area contributed by atoms with Gasteiger partial charge >= 0.3 is 8.17 Å². The lowest BCUT2D eigenvalue weighted by molar-refractivity contribution is -0.118. The molecule has 33 heavy (non-hydrogen) atoms. The number of carbonyl (C=O) groups excluding carboxylic acids is 2. The Morgan fingerprint density at radius 3 is 2.21 bits per heavy atom. The van der Waals surface area contributed by atoms with E-state index < -0.39 is 19.5 Å². The van der Waals surface area contributed by atoms with Crippen LogP contribution in [0.3, 0.4) is 0 Å². The molecule has 2 atom stereocenters. The summed E-state index contributed by atoms with van der Waals surface area (Å²) in [6.45, 7) is 6.13. The maximum atomic E-state index is 11.8. The van der Waals surface area contributed by atoms with Crippen molar-refractivity contribution < 1.29 is 32.8 Å². The van der Waals surface area contributed by atoms with E-state index in [1.54, 1.807) is 26.0 Å². The van der Waals surface area contributed by atoms with Crippen molar-refractivity contribution in [2.24, 2.45) is 0 Å². The molecule has 178 valence electrons. The summed E-state index contributed by atoms with van der Waals surface area (Å²) in [5.41, 5.74) is 2.84. The van der Waals surface area contributed by atoms with Crippen LogP contribution in [-0.2, 0) is 24.8 Å². The molecular weight excluding hydrogens is 465 g/mol. The van der Waals surface area contributed by atoms with E-state index in [1.807, 2.05) is 43.3 Å². The fourth-order valence-corrected chi connectivity index (χ4v) is 5.40. The highest BCUT2D eigenvalue weighted by Gasteiger charge is 2.47. The number of thioether (sulfide) groups is 1. The predicted molar refractivity (Wildman–Crippen MR) is 128 cm³/mol. The van der Waals surface area contributed by atoms with E-state index in [-0.39, 0.29) is 31.0 Å². The van der Waals surface area contributed by atoms with Crippen LogP contribution in [0.5, 0.6) is 5.75 Å². The summed E-state index contributed by atoms with van der Waals surface area (Å²) in [6.07, 6.45) is -0.163. The molecule has 0 bridgehead atoms. The van der Waals surface area contributed by atoms with Crippen molar-refractivity contribution in [3.8, 4) is 5.75 Å². The summed E-state index contributed by atoms with van der Waals surface area (Å²) < 4.78 is 22.7. The maximum absolute atomic E-state index is 11.8. The summed E-state index contributed by atoms with van der Waals surface area (Å²) in [4.78, 5) is 33.8. The largest absolute Gasteiger partial charge is 0.573 e. The minimum absolute atomic E-state index is 0.125. The van der Waals surface area contributed by atoms with E-state index in [0.717, 1.165) is 28.5 Å². The molecule has 8 nitrogen and oxygen atoms in total. The van der Waals surface area contributed by atoms with Gasteiger partial charge in [-0.1, -0.05) is 53.7 Å². The smallest absolute Gasteiger partial charge is 0.490 e. The van der Waals surface area contributed by atoms with Crippen LogP contribution in [0.4, 0.5) is 4.79 Å². The first-order valence-electron chi connectivity index (χ1n) is 10.7. The lowest BCUT2D eigenvalue weighted by Gasteiger charge is -2.21. The molecule has 2 N–H and O–H groups in total. The molecule has 0 saturated carbocycles.